The van der Waals surface area contributed by atoms with Gasteiger partial charge in [-0.15, -0.1) is 0 Å². The van der Waals surface area contributed by atoms with Crippen LogP contribution in [0.5, 0.6) is 0 Å². The molecule has 2 aromatic rings. The molecule has 3 saturated carbocycles. The predicted molar refractivity (Wildman–Crippen MR) is 130 cm³/mol. The first-order valence-corrected chi connectivity index (χ1v) is 13.7. The molecule has 2 aliphatic heterocycles. The second kappa shape index (κ2) is 8.66. The van der Waals surface area contributed by atoms with Crippen LogP contribution in [0.3, 0.4) is 0 Å². The van der Waals surface area contributed by atoms with Crippen LogP contribution in [0.4, 0.5) is 22.4 Å². The Labute approximate surface area is 218 Å². The molecule has 3 heterocycles. The van der Waals surface area contributed by atoms with Crippen LogP contribution in [-0.4, -0.2) is 74.7 Å². The quantitative estimate of drug-likeness (QED) is 0.524. The largest absolute Gasteiger partial charge is 0.416 e. The highest BCUT2D eigenvalue weighted by molar-refractivity contribution is 5.76. The van der Waals surface area contributed by atoms with E-state index in [9.17, 15) is 22.4 Å². The van der Waals surface area contributed by atoms with Crippen molar-refractivity contribution < 1.29 is 22.4 Å². The third kappa shape index (κ3) is 4.56. The highest BCUT2D eigenvalue weighted by Crippen LogP contribution is 2.56. The number of hydrogen-bond donors (Lipinski definition) is 1. The lowest BCUT2D eigenvalue weighted by atomic mass is 9.57. The highest BCUT2D eigenvalue weighted by Gasteiger charge is 2.56. The number of benzene rings is 1. The van der Waals surface area contributed by atoms with Crippen LogP contribution in [0.2, 0.25) is 0 Å². The zero-order valence-corrected chi connectivity index (χ0v) is 21.2. The van der Waals surface area contributed by atoms with Crippen molar-refractivity contribution in [3.05, 3.63) is 46.8 Å². The summed E-state index contributed by atoms with van der Waals surface area (Å²) in [7, 11) is 0. The first-order chi connectivity index (χ1) is 18.2. The van der Waals surface area contributed by atoms with Gasteiger partial charge in [0.1, 0.15) is 11.6 Å². The van der Waals surface area contributed by atoms with Crippen molar-refractivity contribution in [3.8, 4) is 0 Å². The molecule has 1 aromatic heterocycles. The molecule has 3 aliphatic carbocycles. The van der Waals surface area contributed by atoms with E-state index in [1.54, 1.807) is 0 Å². The number of urea groups is 1. The number of rotatable bonds is 7. The molecule has 5 fully saturated rings. The number of carbonyl (C=O) groups excluding carboxylic acids is 1. The van der Waals surface area contributed by atoms with Gasteiger partial charge < -0.3 is 9.80 Å². The van der Waals surface area contributed by atoms with Crippen LogP contribution < -0.4 is 0 Å². The maximum absolute atomic E-state index is 14.5. The van der Waals surface area contributed by atoms with Crippen molar-refractivity contribution in [3.63, 3.8) is 0 Å². The minimum absolute atomic E-state index is 0.0521. The van der Waals surface area contributed by atoms with E-state index < -0.39 is 17.6 Å². The molecular weight excluding hydrogens is 500 g/mol. The number of halogens is 4. The third-order valence-corrected chi connectivity index (χ3v) is 9.12. The molecule has 38 heavy (non-hydrogen) atoms. The lowest BCUT2D eigenvalue weighted by molar-refractivity contribution is -0.137. The van der Waals surface area contributed by atoms with Gasteiger partial charge >= 0.3 is 12.2 Å². The Kier molecular flexibility index (Phi) is 5.55. The van der Waals surface area contributed by atoms with Gasteiger partial charge in [0, 0.05) is 68.1 Å². The summed E-state index contributed by atoms with van der Waals surface area (Å²) in [6.07, 6.45) is 2.11. The third-order valence-electron chi connectivity index (χ3n) is 9.12. The number of likely N-dealkylation sites (tertiary alicyclic amines) is 2. The summed E-state index contributed by atoms with van der Waals surface area (Å²) < 4.78 is 53.3. The zero-order chi connectivity index (χ0) is 26.2. The molecule has 7 nitrogen and oxygen atoms in total. The Balaban J connectivity index is 0.907. The number of carbonyl (C=O) groups is 1. The van der Waals surface area contributed by atoms with Crippen LogP contribution in [0, 0.1) is 17.2 Å². The zero-order valence-electron chi connectivity index (χ0n) is 21.2. The van der Waals surface area contributed by atoms with Crippen molar-refractivity contribution in [2.24, 2.45) is 11.3 Å². The van der Waals surface area contributed by atoms with E-state index in [1.165, 1.54) is 18.9 Å². The van der Waals surface area contributed by atoms with Crippen LogP contribution in [-0.2, 0) is 12.7 Å². The molecule has 0 unspecified atom stereocenters. The molecule has 2 amide bonds. The van der Waals surface area contributed by atoms with Crippen LogP contribution >= 0.6 is 0 Å². The van der Waals surface area contributed by atoms with Crippen molar-refractivity contribution in [2.75, 3.05) is 32.7 Å². The van der Waals surface area contributed by atoms with E-state index in [4.69, 9.17) is 0 Å². The number of aromatic amines is 1. The molecule has 7 rings (SSSR count). The van der Waals surface area contributed by atoms with E-state index in [2.05, 4.69) is 20.1 Å². The van der Waals surface area contributed by atoms with Gasteiger partial charge in [-0.1, -0.05) is 6.07 Å². The van der Waals surface area contributed by atoms with Crippen molar-refractivity contribution in [1.29, 1.82) is 0 Å². The van der Waals surface area contributed by atoms with Crippen LogP contribution in [0.15, 0.2) is 18.2 Å². The summed E-state index contributed by atoms with van der Waals surface area (Å²) >= 11 is 0. The summed E-state index contributed by atoms with van der Waals surface area (Å²) in [5.74, 6) is 2.61. The molecule has 0 atom stereocenters. The van der Waals surface area contributed by atoms with Gasteiger partial charge in [0.2, 0.25) is 0 Å². The number of nitrogens with zero attached hydrogens (tertiary/aromatic N) is 5. The minimum Gasteiger partial charge on any atom is -0.323 e. The fourth-order valence-electron chi connectivity index (χ4n) is 6.42. The number of nitrogens with one attached hydrogen (secondary N) is 1. The Hall–Kier alpha value is -2.69. The topological polar surface area (TPSA) is 68.4 Å². The smallest absolute Gasteiger partial charge is 0.323 e. The standard InChI is InChI=1S/C27H32F4N6O/c28-22-7-20(27(29,30)31)6-5-18(22)11-35(10-16-1-2-16)21-12-36(13-21)25(38)37-14-26(15-37)8-19(9-26)24-32-23(33-34-24)17-3-4-17/h5-7,16-17,19,21H,1-4,8-15H2,(H,32,33,34). The van der Waals surface area contributed by atoms with Crippen LogP contribution in [0.25, 0.3) is 0 Å². The molecule has 0 radical (unpaired) electrons. The second-order valence-electron chi connectivity index (χ2n) is 12.3. The monoisotopic (exact) mass is 532 g/mol. The van der Waals surface area contributed by atoms with Gasteiger partial charge in [0.05, 0.1) is 5.56 Å². The lowest BCUT2D eigenvalue weighted by Crippen LogP contribution is -2.69. The number of amides is 2. The van der Waals surface area contributed by atoms with E-state index >= 15 is 0 Å². The van der Waals surface area contributed by atoms with Crippen LogP contribution in [0.1, 0.15) is 73.1 Å². The Morgan fingerprint density at radius 2 is 1.82 bits per heavy atom. The normalized spacial score (nSPS) is 23.5. The lowest BCUT2D eigenvalue weighted by Gasteiger charge is -2.60. The Bertz CT molecular complexity index is 1220. The van der Waals surface area contributed by atoms with Crippen molar-refractivity contribution in [1.82, 2.24) is 29.9 Å². The number of alkyl halides is 3. The molecule has 1 N–H and O–H groups in total. The average molecular weight is 533 g/mol. The number of H-pyrrole nitrogens is 1. The predicted octanol–water partition coefficient (Wildman–Crippen LogP) is 4.74. The second-order valence-corrected chi connectivity index (χ2v) is 12.3. The SMILES string of the molecule is O=C(N1CC(N(Cc2ccc(C(F)(F)F)cc2F)CC2CC2)C1)N1CC2(CC(c3n[nH]c(C4CC4)n3)C2)C1. The Morgan fingerprint density at radius 1 is 1.08 bits per heavy atom. The summed E-state index contributed by atoms with van der Waals surface area (Å²) in [6, 6.07) is 2.92. The van der Waals surface area contributed by atoms with Gasteiger partial charge in [-0.05, 0) is 56.6 Å². The molecule has 2 saturated heterocycles. The molecule has 5 aliphatic rings. The summed E-state index contributed by atoms with van der Waals surface area (Å²) in [5.41, 5.74) is -0.506. The maximum Gasteiger partial charge on any atom is 0.416 e. The minimum atomic E-state index is -4.56. The fourth-order valence-corrected chi connectivity index (χ4v) is 6.42. The summed E-state index contributed by atoms with van der Waals surface area (Å²) in [4.78, 5) is 23.7. The maximum atomic E-state index is 14.5. The number of aromatic nitrogens is 3. The summed E-state index contributed by atoms with van der Waals surface area (Å²) in [6.45, 7) is 3.72. The molecule has 1 aromatic carbocycles. The van der Waals surface area contributed by atoms with Gasteiger partial charge in [0.25, 0.3) is 0 Å². The number of hydrogen-bond acceptors (Lipinski definition) is 4. The van der Waals surface area contributed by atoms with Gasteiger partial charge in [0.15, 0.2) is 5.82 Å². The first-order valence-electron chi connectivity index (χ1n) is 13.7. The van der Waals surface area contributed by atoms with Gasteiger partial charge in [-0.3, -0.25) is 10.00 Å². The average Bonchev–Trinajstić information content (AvgIpc) is 3.71. The Morgan fingerprint density at radius 3 is 2.45 bits per heavy atom. The molecule has 0 bridgehead atoms. The molecule has 11 heteroatoms. The fraction of sp³-hybridized carbons (Fsp3) is 0.667. The van der Waals surface area contributed by atoms with Gasteiger partial charge in [-0.2, -0.15) is 18.3 Å². The molecular formula is C27H32F4N6O. The van der Waals surface area contributed by atoms with E-state index in [-0.39, 0.29) is 29.6 Å². The van der Waals surface area contributed by atoms with E-state index in [0.29, 0.717) is 36.9 Å². The first kappa shape index (κ1) is 24.4. The van der Waals surface area contributed by atoms with E-state index in [0.717, 1.165) is 63.0 Å². The van der Waals surface area contributed by atoms with Crippen molar-refractivity contribution in [2.45, 2.75) is 69.1 Å². The van der Waals surface area contributed by atoms with Crippen molar-refractivity contribution >= 4 is 6.03 Å². The molecule has 1 spiro atoms. The van der Waals surface area contributed by atoms with Gasteiger partial charge in [-0.25, -0.2) is 14.2 Å². The highest BCUT2D eigenvalue weighted by atomic mass is 19.4. The summed E-state index contributed by atoms with van der Waals surface area (Å²) in [5, 5.41) is 7.52. The van der Waals surface area contributed by atoms with E-state index in [1.807, 2.05) is 9.80 Å². The molecule has 204 valence electrons.